The largest absolute Gasteiger partial charge is 0.384 e. The van der Waals surface area contributed by atoms with Crippen molar-refractivity contribution in [3.8, 4) is 0 Å². The van der Waals surface area contributed by atoms with E-state index in [9.17, 15) is 0 Å². The van der Waals surface area contributed by atoms with Gasteiger partial charge >= 0.3 is 0 Å². The second-order valence-corrected chi connectivity index (χ2v) is 4.71. The number of ether oxygens (including phenoxy) is 1. The molecule has 1 heterocycles. The zero-order chi connectivity index (χ0) is 12.4. The monoisotopic (exact) mass is 244 g/mol. The van der Waals surface area contributed by atoms with E-state index in [0.29, 0.717) is 13.0 Å². The molecule has 1 aromatic heterocycles. The van der Waals surface area contributed by atoms with Crippen molar-refractivity contribution in [1.29, 1.82) is 0 Å². The van der Waals surface area contributed by atoms with E-state index in [4.69, 9.17) is 9.26 Å². The molecule has 0 radical (unpaired) electrons. The molecule has 0 N–H and O–H groups in total. The van der Waals surface area contributed by atoms with Gasteiger partial charge in [-0.25, -0.2) is 0 Å². The molecule has 0 amide bonds. The van der Waals surface area contributed by atoms with Gasteiger partial charge in [0.1, 0.15) is 0 Å². The van der Waals surface area contributed by atoms with Crippen LogP contribution in [0.1, 0.15) is 30.1 Å². The molecule has 1 aromatic carbocycles. The van der Waals surface area contributed by atoms with Gasteiger partial charge < -0.3 is 9.26 Å². The van der Waals surface area contributed by atoms with Crippen LogP contribution >= 0.6 is 0 Å². The van der Waals surface area contributed by atoms with Gasteiger partial charge in [-0.2, -0.15) is 4.98 Å². The van der Waals surface area contributed by atoms with Crippen molar-refractivity contribution in [2.75, 3.05) is 13.7 Å². The van der Waals surface area contributed by atoms with Crippen LogP contribution in [0.5, 0.6) is 0 Å². The zero-order valence-corrected chi connectivity index (χ0v) is 10.4. The maximum atomic E-state index is 5.43. The second kappa shape index (κ2) is 4.53. The van der Waals surface area contributed by atoms with Crippen LogP contribution < -0.4 is 0 Å². The van der Waals surface area contributed by atoms with E-state index >= 15 is 0 Å². The summed E-state index contributed by atoms with van der Waals surface area (Å²) in [6.45, 7) is 0.622. The molecule has 1 aliphatic carbocycles. The minimum Gasteiger partial charge on any atom is -0.384 e. The number of aromatic nitrogens is 2. The maximum absolute atomic E-state index is 5.43. The molecule has 4 heteroatoms. The Kier molecular flexibility index (Phi) is 2.88. The minimum atomic E-state index is -0.0282. The summed E-state index contributed by atoms with van der Waals surface area (Å²) in [7, 11) is 1.67. The van der Waals surface area contributed by atoms with Crippen LogP contribution in [0.25, 0.3) is 0 Å². The Morgan fingerprint density at radius 2 is 2.06 bits per heavy atom. The molecular formula is C14H16N2O2. The fraction of sp³-hybridized carbons (Fsp3) is 0.429. The van der Waals surface area contributed by atoms with Gasteiger partial charge in [0, 0.05) is 13.5 Å². The molecule has 18 heavy (non-hydrogen) atoms. The van der Waals surface area contributed by atoms with Crippen LogP contribution in [0.4, 0.5) is 0 Å². The highest BCUT2D eigenvalue weighted by atomic mass is 16.5. The summed E-state index contributed by atoms with van der Waals surface area (Å²) < 4.78 is 10.4. The molecule has 0 atom stereocenters. The number of nitrogens with zero attached hydrogens (tertiary/aromatic N) is 2. The number of hydrogen-bond acceptors (Lipinski definition) is 4. The van der Waals surface area contributed by atoms with Gasteiger partial charge in [0.15, 0.2) is 5.82 Å². The van der Waals surface area contributed by atoms with Crippen molar-refractivity contribution < 1.29 is 9.26 Å². The normalized spacial score (nSPS) is 16.7. The molecule has 3 rings (SSSR count). The Morgan fingerprint density at radius 3 is 2.72 bits per heavy atom. The smallest absolute Gasteiger partial charge is 0.237 e. The van der Waals surface area contributed by atoms with Gasteiger partial charge in [-0.15, -0.1) is 0 Å². The number of methoxy groups -OCH3 is 1. The molecule has 0 aliphatic heterocycles. The Labute approximate surface area is 106 Å². The summed E-state index contributed by atoms with van der Waals surface area (Å²) in [6, 6.07) is 10.4. The highest BCUT2D eigenvalue weighted by Gasteiger charge is 2.50. The van der Waals surface area contributed by atoms with Crippen LogP contribution in [-0.4, -0.2) is 23.9 Å². The lowest BCUT2D eigenvalue weighted by atomic mass is 9.96. The summed E-state index contributed by atoms with van der Waals surface area (Å²) in [5.74, 6) is 1.48. The predicted octanol–water partition coefficient (Wildman–Crippen LogP) is 2.34. The van der Waals surface area contributed by atoms with Crippen LogP contribution in [-0.2, 0) is 16.6 Å². The Balaban J connectivity index is 1.84. The third kappa shape index (κ3) is 1.93. The summed E-state index contributed by atoms with van der Waals surface area (Å²) in [4.78, 5) is 4.50. The van der Waals surface area contributed by atoms with Crippen molar-refractivity contribution in [1.82, 2.24) is 10.1 Å². The Bertz CT molecular complexity index is 518. The third-order valence-electron chi connectivity index (χ3n) is 3.48. The summed E-state index contributed by atoms with van der Waals surface area (Å²) in [6.07, 6.45) is 2.87. The van der Waals surface area contributed by atoms with E-state index in [2.05, 4.69) is 34.4 Å². The van der Waals surface area contributed by atoms with Gasteiger partial charge in [0.25, 0.3) is 0 Å². The first-order valence-corrected chi connectivity index (χ1v) is 6.23. The van der Waals surface area contributed by atoms with Gasteiger partial charge in [-0.1, -0.05) is 35.5 Å². The molecule has 0 spiro atoms. The lowest BCUT2D eigenvalue weighted by Crippen LogP contribution is -2.09. The van der Waals surface area contributed by atoms with E-state index in [0.717, 1.165) is 24.6 Å². The van der Waals surface area contributed by atoms with Crippen molar-refractivity contribution in [3.05, 3.63) is 47.6 Å². The summed E-state index contributed by atoms with van der Waals surface area (Å²) in [5.41, 5.74) is 1.24. The van der Waals surface area contributed by atoms with E-state index < -0.39 is 0 Å². The standard InChI is InChI=1S/C14H16N2O2/c1-17-10-7-12-15-13(18-16-12)14(8-9-14)11-5-3-2-4-6-11/h2-6H,7-10H2,1H3. The van der Waals surface area contributed by atoms with Gasteiger partial charge in [0.05, 0.1) is 12.0 Å². The first-order valence-electron chi connectivity index (χ1n) is 6.23. The number of hydrogen-bond donors (Lipinski definition) is 0. The van der Waals surface area contributed by atoms with Crippen LogP contribution in [0.2, 0.25) is 0 Å². The average molecular weight is 244 g/mol. The highest BCUT2D eigenvalue weighted by molar-refractivity contribution is 5.37. The van der Waals surface area contributed by atoms with Gasteiger partial charge in [0.2, 0.25) is 5.89 Å². The van der Waals surface area contributed by atoms with Gasteiger partial charge in [-0.05, 0) is 18.4 Å². The fourth-order valence-electron chi connectivity index (χ4n) is 2.25. The first-order chi connectivity index (χ1) is 8.85. The van der Waals surface area contributed by atoms with E-state index in [1.165, 1.54) is 5.56 Å². The molecule has 1 aliphatic rings. The quantitative estimate of drug-likeness (QED) is 0.810. The molecule has 0 unspecified atom stereocenters. The van der Waals surface area contributed by atoms with Crippen LogP contribution in [0.3, 0.4) is 0 Å². The lowest BCUT2D eigenvalue weighted by Gasteiger charge is -2.09. The highest BCUT2D eigenvalue weighted by Crippen LogP contribution is 2.52. The van der Waals surface area contributed by atoms with Crippen molar-refractivity contribution >= 4 is 0 Å². The minimum absolute atomic E-state index is 0.0282. The fourth-order valence-corrected chi connectivity index (χ4v) is 2.25. The molecule has 0 saturated heterocycles. The summed E-state index contributed by atoms with van der Waals surface area (Å²) >= 11 is 0. The van der Waals surface area contributed by atoms with E-state index in [1.807, 2.05) is 6.07 Å². The van der Waals surface area contributed by atoms with Crippen LogP contribution in [0.15, 0.2) is 34.9 Å². The molecular weight excluding hydrogens is 228 g/mol. The predicted molar refractivity (Wildman–Crippen MR) is 66.3 cm³/mol. The Hall–Kier alpha value is -1.68. The van der Waals surface area contributed by atoms with E-state index in [1.54, 1.807) is 7.11 Å². The zero-order valence-electron chi connectivity index (χ0n) is 10.4. The van der Waals surface area contributed by atoms with E-state index in [-0.39, 0.29) is 5.41 Å². The van der Waals surface area contributed by atoms with Crippen LogP contribution in [0, 0.1) is 0 Å². The van der Waals surface area contributed by atoms with Crippen molar-refractivity contribution in [3.63, 3.8) is 0 Å². The molecule has 1 fully saturated rings. The molecule has 2 aromatic rings. The van der Waals surface area contributed by atoms with Crippen molar-refractivity contribution in [2.45, 2.75) is 24.7 Å². The van der Waals surface area contributed by atoms with Crippen molar-refractivity contribution in [2.24, 2.45) is 0 Å². The first kappa shape index (κ1) is 11.4. The lowest BCUT2D eigenvalue weighted by molar-refractivity contribution is 0.199. The second-order valence-electron chi connectivity index (χ2n) is 4.71. The number of rotatable bonds is 5. The Morgan fingerprint density at radius 1 is 1.28 bits per heavy atom. The van der Waals surface area contributed by atoms with Gasteiger partial charge in [-0.3, -0.25) is 0 Å². The summed E-state index contributed by atoms with van der Waals surface area (Å²) in [5, 5.41) is 4.02. The third-order valence-corrected chi connectivity index (χ3v) is 3.48. The topological polar surface area (TPSA) is 48.2 Å². The maximum Gasteiger partial charge on any atom is 0.237 e. The molecule has 1 saturated carbocycles. The molecule has 4 nitrogen and oxygen atoms in total. The average Bonchev–Trinajstić information content (AvgIpc) is 3.10. The molecule has 0 bridgehead atoms. The molecule has 94 valence electrons. The number of benzene rings is 1. The SMILES string of the molecule is COCCc1noc(C2(c3ccccc3)CC2)n1.